The lowest BCUT2D eigenvalue weighted by atomic mass is 10.2. The standard InChI is InChI=1S/C14H28N4S/c1-5-7-15-13(10-19-12(3)4)9-14-16-11-17-18(14)8-6-2/h11-13,15H,5-10H2,1-4H3. The van der Waals surface area contributed by atoms with Gasteiger partial charge in [0.25, 0.3) is 0 Å². The molecule has 0 radical (unpaired) electrons. The maximum atomic E-state index is 4.41. The first-order valence-electron chi connectivity index (χ1n) is 7.39. The van der Waals surface area contributed by atoms with Gasteiger partial charge in [0.2, 0.25) is 0 Å². The van der Waals surface area contributed by atoms with Crippen molar-refractivity contribution in [3.63, 3.8) is 0 Å². The topological polar surface area (TPSA) is 42.7 Å². The quantitative estimate of drug-likeness (QED) is 0.717. The molecule has 0 amide bonds. The summed E-state index contributed by atoms with van der Waals surface area (Å²) in [5.74, 6) is 2.25. The summed E-state index contributed by atoms with van der Waals surface area (Å²) >= 11 is 2.01. The molecule has 0 bridgehead atoms. The predicted octanol–water partition coefficient (Wildman–Crippen LogP) is 2.74. The minimum atomic E-state index is 0.493. The van der Waals surface area contributed by atoms with Crippen LogP contribution in [0.5, 0.6) is 0 Å². The molecule has 0 saturated carbocycles. The van der Waals surface area contributed by atoms with Crippen molar-refractivity contribution < 1.29 is 0 Å². The smallest absolute Gasteiger partial charge is 0.138 e. The Bertz CT molecular complexity index is 338. The van der Waals surface area contributed by atoms with Crippen LogP contribution in [0.25, 0.3) is 0 Å². The van der Waals surface area contributed by atoms with Crippen molar-refractivity contribution in [2.24, 2.45) is 0 Å². The van der Waals surface area contributed by atoms with Gasteiger partial charge in [0, 0.05) is 24.8 Å². The van der Waals surface area contributed by atoms with Crippen molar-refractivity contribution in [3.05, 3.63) is 12.2 Å². The first kappa shape index (κ1) is 16.5. The van der Waals surface area contributed by atoms with Gasteiger partial charge in [-0.25, -0.2) is 4.98 Å². The highest BCUT2D eigenvalue weighted by Gasteiger charge is 2.14. The van der Waals surface area contributed by atoms with E-state index < -0.39 is 0 Å². The second-order valence-corrected chi connectivity index (χ2v) is 6.75. The third-order valence-corrected chi connectivity index (χ3v) is 4.14. The molecule has 0 aliphatic heterocycles. The fraction of sp³-hybridized carbons (Fsp3) is 0.857. The van der Waals surface area contributed by atoms with Crippen LogP contribution in [-0.4, -0.2) is 38.4 Å². The van der Waals surface area contributed by atoms with Crippen LogP contribution in [0.15, 0.2) is 6.33 Å². The highest BCUT2D eigenvalue weighted by atomic mass is 32.2. The molecule has 4 nitrogen and oxygen atoms in total. The molecule has 1 unspecified atom stereocenters. The fourth-order valence-electron chi connectivity index (χ4n) is 1.91. The van der Waals surface area contributed by atoms with E-state index in [0.29, 0.717) is 11.3 Å². The van der Waals surface area contributed by atoms with Gasteiger partial charge in [0.05, 0.1) is 0 Å². The molecule has 0 aliphatic rings. The van der Waals surface area contributed by atoms with Gasteiger partial charge in [0.15, 0.2) is 0 Å². The first-order chi connectivity index (χ1) is 9.17. The molecule has 1 aromatic heterocycles. The Morgan fingerprint density at radius 1 is 1.32 bits per heavy atom. The van der Waals surface area contributed by atoms with Crippen molar-refractivity contribution in [2.75, 3.05) is 12.3 Å². The van der Waals surface area contributed by atoms with Crippen LogP contribution in [0.1, 0.15) is 46.4 Å². The lowest BCUT2D eigenvalue weighted by Gasteiger charge is -2.19. The summed E-state index contributed by atoms with van der Waals surface area (Å²) in [6.07, 6.45) is 4.92. The van der Waals surface area contributed by atoms with Crippen LogP contribution >= 0.6 is 11.8 Å². The van der Waals surface area contributed by atoms with Gasteiger partial charge in [-0.2, -0.15) is 16.9 Å². The number of nitrogens with zero attached hydrogens (tertiary/aromatic N) is 3. The predicted molar refractivity (Wildman–Crippen MR) is 83.7 cm³/mol. The maximum Gasteiger partial charge on any atom is 0.138 e. The minimum Gasteiger partial charge on any atom is -0.313 e. The van der Waals surface area contributed by atoms with E-state index in [2.05, 4.69) is 43.1 Å². The zero-order valence-corrected chi connectivity index (χ0v) is 13.5. The van der Waals surface area contributed by atoms with Gasteiger partial charge < -0.3 is 5.32 Å². The highest BCUT2D eigenvalue weighted by molar-refractivity contribution is 7.99. The molecule has 0 aliphatic carbocycles. The first-order valence-corrected chi connectivity index (χ1v) is 8.43. The molecule has 0 fully saturated rings. The molecule has 1 heterocycles. The van der Waals surface area contributed by atoms with E-state index >= 15 is 0 Å². The largest absolute Gasteiger partial charge is 0.313 e. The molecule has 0 aromatic carbocycles. The van der Waals surface area contributed by atoms with Crippen LogP contribution in [0.2, 0.25) is 0 Å². The van der Waals surface area contributed by atoms with Crippen molar-refractivity contribution in [1.29, 1.82) is 0 Å². The number of rotatable bonds is 10. The lowest BCUT2D eigenvalue weighted by molar-refractivity contribution is 0.503. The third kappa shape index (κ3) is 6.43. The molecule has 1 N–H and O–H groups in total. The Balaban J connectivity index is 2.56. The van der Waals surface area contributed by atoms with E-state index in [-0.39, 0.29) is 0 Å². The van der Waals surface area contributed by atoms with Crippen molar-refractivity contribution >= 4 is 11.8 Å². The SMILES string of the molecule is CCCNC(CSC(C)C)Cc1ncnn1CCC. The Kier molecular flexibility index (Phi) is 8.14. The zero-order valence-electron chi connectivity index (χ0n) is 12.7. The number of hydrogen-bond acceptors (Lipinski definition) is 4. The average Bonchev–Trinajstić information content (AvgIpc) is 2.80. The van der Waals surface area contributed by atoms with Crippen molar-refractivity contribution in [2.45, 2.75) is 64.8 Å². The molecule has 0 saturated heterocycles. The summed E-state index contributed by atoms with van der Waals surface area (Å²) in [6.45, 7) is 10.9. The van der Waals surface area contributed by atoms with Gasteiger partial charge >= 0.3 is 0 Å². The van der Waals surface area contributed by atoms with Gasteiger partial charge in [-0.05, 0) is 24.6 Å². The normalized spacial score (nSPS) is 13.1. The Labute approximate surface area is 121 Å². The van der Waals surface area contributed by atoms with Crippen LogP contribution in [0.4, 0.5) is 0 Å². The van der Waals surface area contributed by atoms with E-state index in [1.165, 1.54) is 6.42 Å². The van der Waals surface area contributed by atoms with E-state index in [9.17, 15) is 0 Å². The Morgan fingerprint density at radius 3 is 2.74 bits per heavy atom. The van der Waals surface area contributed by atoms with Gasteiger partial charge in [-0.1, -0.05) is 27.7 Å². The second-order valence-electron chi connectivity index (χ2n) is 5.14. The molecular weight excluding hydrogens is 256 g/mol. The summed E-state index contributed by atoms with van der Waals surface area (Å²) in [7, 11) is 0. The average molecular weight is 284 g/mol. The Morgan fingerprint density at radius 2 is 2.11 bits per heavy atom. The highest BCUT2D eigenvalue weighted by Crippen LogP contribution is 2.13. The zero-order chi connectivity index (χ0) is 14.1. The summed E-state index contributed by atoms with van der Waals surface area (Å²) in [5, 5.41) is 8.62. The monoisotopic (exact) mass is 284 g/mol. The third-order valence-electron chi connectivity index (χ3n) is 2.87. The summed E-state index contributed by atoms with van der Waals surface area (Å²) in [6, 6.07) is 0.493. The van der Waals surface area contributed by atoms with E-state index in [1.54, 1.807) is 6.33 Å². The molecule has 110 valence electrons. The maximum absolute atomic E-state index is 4.41. The van der Waals surface area contributed by atoms with Gasteiger partial charge in [-0.15, -0.1) is 0 Å². The van der Waals surface area contributed by atoms with E-state index in [1.807, 2.05) is 16.4 Å². The summed E-state index contributed by atoms with van der Waals surface area (Å²) < 4.78 is 2.04. The Hall–Kier alpha value is -0.550. The number of nitrogens with one attached hydrogen (secondary N) is 1. The molecule has 1 atom stereocenters. The van der Waals surface area contributed by atoms with Gasteiger partial charge in [-0.3, -0.25) is 4.68 Å². The van der Waals surface area contributed by atoms with Crippen molar-refractivity contribution in [1.82, 2.24) is 20.1 Å². The number of aryl methyl sites for hydroxylation is 1. The van der Waals surface area contributed by atoms with E-state index in [4.69, 9.17) is 0 Å². The second kappa shape index (κ2) is 9.37. The van der Waals surface area contributed by atoms with Crippen LogP contribution in [-0.2, 0) is 13.0 Å². The van der Waals surface area contributed by atoms with E-state index in [0.717, 1.165) is 37.5 Å². The van der Waals surface area contributed by atoms with Crippen LogP contribution < -0.4 is 5.32 Å². The number of aromatic nitrogens is 3. The minimum absolute atomic E-state index is 0.493. The molecule has 5 heteroatoms. The number of hydrogen-bond donors (Lipinski definition) is 1. The molecule has 19 heavy (non-hydrogen) atoms. The molecule has 0 spiro atoms. The fourth-order valence-corrected chi connectivity index (χ4v) is 2.77. The molecular formula is C14H28N4S. The van der Waals surface area contributed by atoms with Gasteiger partial charge in [0.1, 0.15) is 12.2 Å². The molecule has 1 aromatic rings. The molecule has 1 rings (SSSR count). The lowest BCUT2D eigenvalue weighted by Crippen LogP contribution is -2.35. The summed E-state index contributed by atoms with van der Waals surface area (Å²) in [4.78, 5) is 4.41. The van der Waals surface area contributed by atoms with Crippen LogP contribution in [0.3, 0.4) is 0 Å². The number of thioether (sulfide) groups is 1. The van der Waals surface area contributed by atoms with Crippen molar-refractivity contribution in [3.8, 4) is 0 Å². The van der Waals surface area contributed by atoms with Crippen LogP contribution in [0, 0.1) is 0 Å². The summed E-state index contributed by atoms with van der Waals surface area (Å²) in [5.41, 5.74) is 0.